The second-order valence-electron chi connectivity index (χ2n) is 12.8. The molecule has 4 heterocycles. The Labute approximate surface area is 301 Å². The Hall–Kier alpha value is -5.64. The van der Waals surface area contributed by atoms with Crippen molar-refractivity contribution in [1.82, 2.24) is 19.4 Å². The first-order valence-corrected chi connectivity index (χ1v) is 17.2. The zero-order valence-corrected chi connectivity index (χ0v) is 29.2. The van der Waals surface area contributed by atoms with Gasteiger partial charge < -0.3 is 19.8 Å². The van der Waals surface area contributed by atoms with E-state index in [-0.39, 0.29) is 41.6 Å². The van der Waals surface area contributed by atoms with Gasteiger partial charge in [-0.1, -0.05) is 60.2 Å². The molecule has 1 amide bonds. The number of aromatic nitrogens is 3. The lowest BCUT2D eigenvalue weighted by atomic mass is 10.0. The molecule has 0 radical (unpaired) electrons. The first-order valence-electron chi connectivity index (χ1n) is 16.8. The fourth-order valence-corrected chi connectivity index (χ4v) is 6.10. The maximum absolute atomic E-state index is 13.0. The maximum atomic E-state index is 13.0. The van der Waals surface area contributed by atoms with E-state index < -0.39 is 0 Å². The number of anilines is 1. The number of hydrogen-bond acceptors (Lipinski definition) is 6. The largest absolute Gasteiger partial charge is 0.361 e. The third kappa shape index (κ3) is 8.75. The maximum Gasteiger partial charge on any atom is 0.261 e. The summed E-state index contributed by atoms with van der Waals surface area (Å²) in [4.78, 5) is 61.0. The van der Waals surface area contributed by atoms with Crippen LogP contribution in [-0.4, -0.2) is 57.5 Å². The summed E-state index contributed by atoms with van der Waals surface area (Å²) < 4.78 is 1.49. The molecular formula is C41H38ClN5O4. The highest BCUT2D eigenvalue weighted by Crippen LogP contribution is 2.34. The van der Waals surface area contributed by atoms with Crippen molar-refractivity contribution in [3.63, 3.8) is 0 Å². The zero-order chi connectivity index (χ0) is 35.9. The topological polar surface area (TPSA) is 117 Å². The predicted octanol–water partition coefficient (Wildman–Crippen LogP) is 7.63. The van der Waals surface area contributed by atoms with Crippen molar-refractivity contribution in [2.24, 2.45) is 0 Å². The van der Waals surface area contributed by atoms with Crippen molar-refractivity contribution in [3.05, 3.63) is 146 Å². The lowest BCUT2D eigenvalue weighted by Crippen LogP contribution is -2.26. The van der Waals surface area contributed by atoms with E-state index in [1.807, 2.05) is 87.1 Å². The number of Topliss-reactive ketones (excluding diaryl/α,β-unsaturated/α-hetero) is 2. The number of amides is 1. The minimum atomic E-state index is -0.345. The molecule has 0 fully saturated rings. The summed E-state index contributed by atoms with van der Waals surface area (Å²) in [5.41, 5.74) is 6.85. The average molecular weight is 700 g/mol. The summed E-state index contributed by atoms with van der Waals surface area (Å²) in [7, 11) is 4.00. The zero-order valence-electron chi connectivity index (χ0n) is 28.5. The van der Waals surface area contributed by atoms with Crippen LogP contribution < -0.4 is 10.9 Å². The van der Waals surface area contributed by atoms with Gasteiger partial charge in [0.2, 0.25) is 0 Å². The van der Waals surface area contributed by atoms with Crippen LogP contribution in [0, 0.1) is 0 Å². The number of rotatable bonds is 14. The molecule has 6 rings (SSSR count). The summed E-state index contributed by atoms with van der Waals surface area (Å²) >= 11 is 5.86. The fourth-order valence-electron chi connectivity index (χ4n) is 5.99. The molecule has 1 aliphatic rings. The molecule has 0 aliphatic carbocycles. The van der Waals surface area contributed by atoms with Crippen LogP contribution in [0.2, 0.25) is 5.15 Å². The van der Waals surface area contributed by atoms with E-state index in [4.69, 9.17) is 11.6 Å². The Morgan fingerprint density at radius 1 is 0.941 bits per heavy atom. The van der Waals surface area contributed by atoms with Gasteiger partial charge >= 0.3 is 0 Å². The Morgan fingerprint density at radius 2 is 1.80 bits per heavy atom. The van der Waals surface area contributed by atoms with Crippen LogP contribution in [0.3, 0.4) is 0 Å². The average Bonchev–Trinajstić information content (AvgIpc) is 3.72. The minimum absolute atomic E-state index is 0.126. The number of pyridine rings is 2. The highest BCUT2D eigenvalue weighted by Gasteiger charge is 2.24. The third-order valence-electron chi connectivity index (χ3n) is 8.67. The molecule has 9 nitrogen and oxygen atoms in total. The van der Waals surface area contributed by atoms with Crippen LogP contribution in [0.1, 0.15) is 68.8 Å². The number of nitrogens with one attached hydrogen (secondary N) is 2. The van der Waals surface area contributed by atoms with Crippen LogP contribution in [0.5, 0.6) is 0 Å². The van der Waals surface area contributed by atoms with Crippen molar-refractivity contribution in [2.45, 2.75) is 32.2 Å². The van der Waals surface area contributed by atoms with Crippen molar-refractivity contribution in [1.29, 1.82) is 0 Å². The first-order chi connectivity index (χ1) is 24.6. The van der Waals surface area contributed by atoms with Gasteiger partial charge in [0.05, 0.1) is 17.7 Å². The van der Waals surface area contributed by atoms with E-state index in [9.17, 15) is 19.2 Å². The van der Waals surface area contributed by atoms with Crippen molar-refractivity contribution < 1.29 is 14.4 Å². The molecule has 3 aromatic heterocycles. The first kappa shape index (κ1) is 35.2. The van der Waals surface area contributed by atoms with Crippen LogP contribution in [0.15, 0.2) is 102 Å². The molecule has 0 saturated heterocycles. The number of benzene rings is 2. The summed E-state index contributed by atoms with van der Waals surface area (Å²) in [6.07, 6.45) is 12.7. The quantitative estimate of drug-likeness (QED) is 0.0699. The molecule has 10 heteroatoms. The molecule has 1 aliphatic heterocycles. The van der Waals surface area contributed by atoms with E-state index in [0.717, 1.165) is 46.5 Å². The van der Waals surface area contributed by atoms with Crippen molar-refractivity contribution in [3.8, 4) is 11.1 Å². The number of ketones is 2. The lowest BCUT2D eigenvalue weighted by Gasteiger charge is -2.08. The standard InChI is InChI=1S/C41H38ClN5O4/c1-46(2)18-7-13-37(48)30-10-5-9-29(21-30)31-22-32(43-25-31)23-35-33-16-14-27(20-36(33)45-40(35)50)8-3-4-12-38(49)34-11-6-19-47(41(34)51)26-28-15-17-39(42)44-24-28/h3,5-6,8-11,14-17,19-25,43H,4,7,12-13,18,26H2,1-2H3,(H,45,50)/b8-3+,35-23-. The molecular weight excluding hydrogens is 662 g/mol. The molecule has 2 N–H and O–H groups in total. The second-order valence-corrected chi connectivity index (χ2v) is 13.2. The molecule has 2 aromatic carbocycles. The van der Waals surface area contributed by atoms with Crippen LogP contribution in [-0.2, 0) is 11.3 Å². The smallest absolute Gasteiger partial charge is 0.261 e. The molecule has 0 bridgehead atoms. The summed E-state index contributed by atoms with van der Waals surface area (Å²) in [6, 6.07) is 22.0. The third-order valence-corrected chi connectivity index (χ3v) is 8.89. The van der Waals surface area contributed by atoms with Gasteiger partial charge in [-0.3, -0.25) is 19.2 Å². The van der Waals surface area contributed by atoms with Crippen molar-refractivity contribution >= 4 is 52.5 Å². The van der Waals surface area contributed by atoms with E-state index in [2.05, 4.69) is 20.2 Å². The Kier molecular flexibility index (Phi) is 11.0. The van der Waals surface area contributed by atoms with Gasteiger partial charge in [0, 0.05) is 53.9 Å². The molecule has 258 valence electrons. The Morgan fingerprint density at radius 3 is 2.61 bits per heavy atom. The van der Waals surface area contributed by atoms with Gasteiger partial charge in [-0.25, -0.2) is 4.98 Å². The number of nitrogens with zero attached hydrogens (tertiary/aromatic N) is 3. The van der Waals surface area contributed by atoms with Gasteiger partial charge in [0.15, 0.2) is 11.6 Å². The highest BCUT2D eigenvalue weighted by molar-refractivity contribution is 6.35. The monoisotopic (exact) mass is 699 g/mol. The summed E-state index contributed by atoms with van der Waals surface area (Å²) in [5.74, 6) is -0.297. The SMILES string of the molecule is CN(C)CCCC(=O)c1cccc(-c2c[nH]c(/C=C3\C(=O)Nc4cc(/C=C/CCC(=O)c5cccn(Cc6ccc(Cl)nc6)c5=O)ccc43)c2)c1. The van der Waals surface area contributed by atoms with Crippen LogP contribution in [0.25, 0.3) is 28.9 Å². The summed E-state index contributed by atoms with van der Waals surface area (Å²) in [6.45, 7) is 1.16. The molecule has 0 spiro atoms. The number of fused-ring (bicyclic) bond motifs is 1. The number of allylic oxidation sites excluding steroid dienone is 1. The minimum Gasteiger partial charge on any atom is -0.361 e. The Balaban J connectivity index is 1.07. The molecule has 0 unspecified atom stereocenters. The fraction of sp³-hybridized carbons (Fsp3) is 0.195. The van der Waals surface area contributed by atoms with Crippen LogP contribution in [0.4, 0.5) is 5.69 Å². The van der Waals surface area contributed by atoms with Gasteiger partial charge in [-0.2, -0.15) is 0 Å². The van der Waals surface area contributed by atoms with Crippen molar-refractivity contribution in [2.75, 3.05) is 26.0 Å². The number of halogens is 1. The molecule has 0 saturated carbocycles. The summed E-state index contributed by atoms with van der Waals surface area (Å²) in [5, 5.41) is 3.33. The van der Waals surface area contributed by atoms with Gasteiger partial charge in [-0.05, 0) is 98.2 Å². The molecule has 0 atom stereocenters. The number of carbonyl (C=O) groups excluding carboxylic acids is 3. The van der Waals surface area contributed by atoms with E-state index in [1.165, 1.54) is 4.57 Å². The number of carbonyl (C=O) groups is 3. The normalized spacial score (nSPS) is 13.3. The van der Waals surface area contributed by atoms with Gasteiger partial charge in [-0.15, -0.1) is 0 Å². The molecule has 5 aromatic rings. The van der Waals surface area contributed by atoms with Crippen LogP contribution >= 0.6 is 11.6 Å². The van der Waals surface area contributed by atoms with Gasteiger partial charge in [0.1, 0.15) is 5.15 Å². The van der Waals surface area contributed by atoms with Gasteiger partial charge in [0.25, 0.3) is 11.5 Å². The highest BCUT2D eigenvalue weighted by atomic mass is 35.5. The number of aromatic amines is 1. The lowest BCUT2D eigenvalue weighted by molar-refractivity contribution is -0.110. The number of hydrogen-bond donors (Lipinski definition) is 2. The van der Waals surface area contributed by atoms with E-state index in [1.54, 1.807) is 36.7 Å². The molecule has 51 heavy (non-hydrogen) atoms. The Bertz CT molecular complexity index is 2210. The van der Waals surface area contributed by atoms with E-state index in [0.29, 0.717) is 34.8 Å². The second kappa shape index (κ2) is 15.9. The van der Waals surface area contributed by atoms with E-state index >= 15 is 0 Å². The number of H-pyrrole nitrogens is 1. The predicted molar refractivity (Wildman–Crippen MR) is 203 cm³/mol.